The average Bonchev–Trinajstić information content (AvgIpc) is 3.12. The Morgan fingerprint density at radius 3 is 2.29 bits per heavy atom. The molecule has 1 N–H and O–H groups in total. The second kappa shape index (κ2) is 4.18. The van der Waals surface area contributed by atoms with Crippen molar-refractivity contribution in [3.8, 4) is 0 Å². The average molecular weight is 297 g/mol. The highest BCUT2D eigenvalue weighted by molar-refractivity contribution is 5.26. The first-order valence-electron chi connectivity index (χ1n) is 7.51. The molecule has 0 aromatic carbocycles. The first-order valence-corrected chi connectivity index (χ1v) is 7.51. The Morgan fingerprint density at radius 1 is 1.14 bits per heavy atom. The predicted octanol–water partition coefficient (Wildman–Crippen LogP) is 2.61. The van der Waals surface area contributed by atoms with Gasteiger partial charge in [0.2, 0.25) is 0 Å². The fraction of sp³-hybridized carbons (Fsp3) is 0.733. The molecule has 3 aliphatic rings. The van der Waals surface area contributed by atoms with Crippen LogP contribution in [0.1, 0.15) is 37.1 Å². The molecule has 2 saturated carbocycles. The minimum Gasteiger partial charge on any atom is -0.316 e. The maximum absolute atomic E-state index is 13.0. The number of nitrogens with one attached hydrogen (secondary N) is 1. The van der Waals surface area contributed by atoms with Crippen LogP contribution in [0.4, 0.5) is 13.2 Å². The highest BCUT2D eigenvalue weighted by atomic mass is 19.4. The third-order valence-corrected chi connectivity index (χ3v) is 5.43. The van der Waals surface area contributed by atoms with Gasteiger partial charge >= 0.3 is 6.18 Å². The van der Waals surface area contributed by atoms with Gasteiger partial charge in [0.1, 0.15) is 5.41 Å². The SMILES string of the molecule is FC(F)(F)C1(c2cnc(CC3CC4(CNC4)C3)cn2)CC1. The number of nitrogens with zero attached hydrogens (tertiary/aromatic N) is 2. The van der Waals surface area contributed by atoms with Crippen molar-refractivity contribution in [3.05, 3.63) is 23.8 Å². The van der Waals surface area contributed by atoms with E-state index in [1.807, 2.05) is 0 Å². The summed E-state index contributed by atoms with van der Waals surface area (Å²) in [5.41, 5.74) is -0.279. The van der Waals surface area contributed by atoms with Crippen LogP contribution in [0.2, 0.25) is 0 Å². The summed E-state index contributed by atoms with van der Waals surface area (Å²) in [7, 11) is 0. The molecule has 6 heteroatoms. The molecule has 0 radical (unpaired) electrons. The van der Waals surface area contributed by atoms with Crippen molar-refractivity contribution in [2.75, 3.05) is 13.1 Å². The van der Waals surface area contributed by atoms with Gasteiger partial charge < -0.3 is 5.32 Å². The zero-order valence-electron chi connectivity index (χ0n) is 11.7. The number of aromatic nitrogens is 2. The van der Waals surface area contributed by atoms with Crippen LogP contribution < -0.4 is 5.32 Å². The van der Waals surface area contributed by atoms with Gasteiger partial charge in [0.25, 0.3) is 0 Å². The number of hydrogen-bond donors (Lipinski definition) is 1. The summed E-state index contributed by atoms with van der Waals surface area (Å²) in [6.45, 7) is 2.23. The molecule has 1 aromatic rings. The van der Waals surface area contributed by atoms with E-state index in [0.717, 1.165) is 25.2 Å². The molecule has 0 unspecified atom stereocenters. The van der Waals surface area contributed by atoms with Crippen LogP contribution in [0.3, 0.4) is 0 Å². The first-order chi connectivity index (χ1) is 9.93. The molecule has 3 fully saturated rings. The Kier molecular flexibility index (Phi) is 2.69. The lowest BCUT2D eigenvalue weighted by atomic mass is 9.57. The van der Waals surface area contributed by atoms with Crippen LogP contribution in [-0.2, 0) is 11.8 Å². The fourth-order valence-electron chi connectivity index (χ4n) is 3.89. The lowest BCUT2D eigenvalue weighted by Gasteiger charge is -2.54. The van der Waals surface area contributed by atoms with E-state index >= 15 is 0 Å². The van der Waals surface area contributed by atoms with E-state index < -0.39 is 11.6 Å². The third kappa shape index (κ3) is 2.06. The van der Waals surface area contributed by atoms with Crippen LogP contribution in [0.5, 0.6) is 0 Å². The maximum atomic E-state index is 13.0. The zero-order valence-corrected chi connectivity index (χ0v) is 11.7. The van der Waals surface area contributed by atoms with Gasteiger partial charge in [-0.25, -0.2) is 0 Å². The normalized spacial score (nSPS) is 26.2. The van der Waals surface area contributed by atoms with Crippen molar-refractivity contribution in [2.45, 2.75) is 43.7 Å². The molecule has 1 aromatic heterocycles. The van der Waals surface area contributed by atoms with E-state index in [1.165, 1.54) is 19.0 Å². The van der Waals surface area contributed by atoms with Gasteiger partial charge in [0.05, 0.1) is 11.4 Å². The molecule has 1 saturated heterocycles. The zero-order chi connectivity index (χ0) is 14.7. The Morgan fingerprint density at radius 2 is 1.86 bits per heavy atom. The largest absolute Gasteiger partial charge is 0.400 e. The lowest BCUT2D eigenvalue weighted by molar-refractivity contribution is -0.161. The molecule has 4 rings (SSSR count). The molecule has 0 atom stereocenters. The van der Waals surface area contributed by atoms with E-state index in [9.17, 15) is 13.2 Å². The van der Waals surface area contributed by atoms with Gasteiger partial charge in [-0.15, -0.1) is 0 Å². The van der Waals surface area contributed by atoms with Crippen molar-refractivity contribution in [1.29, 1.82) is 0 Å². The Labute approximate surface area is 121 Å². The van der Waals surface area contributed by atoms with E-state index in [0.29, 0.717) is 11.3 Å². The van der Waals surface area contributed by atoms with Crippen molar-refractivity contribution in [1.82, 2.24) is 15.3 Å². The number of hydrogen-bond acceptors (Lipinski definition) is 3. The number of alkyl halides is 3. The summed E-state index contributed by atoms with van der Waals surface area (Å²) in [6.07, 6.45) is 2.21. The molecule has 0 amide bonds. The fourth-order valence-corrected chi connectivity index (χ4v) is 3.89. The Balaban J connectivity index is 1.41. The molecule has 1 aliphatic heterocycles. The summed E-state index contributed by atoms with van der Waals surface area (Å²) < 4.78 is 39.0. The highest BCUT2D eigenvalue weighted by Gasteiger charge is 2.65. The first kappa shape index (κ1) is 13.5. The van der Waals surface area contributed by atoms with Crippen LogP contribution in [0.25, 0.3) is 0 Å². The van der Waals surface area contributed by atoms with Crippen LogP contribution in [-0.4, -0.2) is 29.2 Å². The molecular formula is C15H18F3N3. The Hall–Kier alpha value is -1.17. The van der Waals surface area contributed by atoms with Gasteiger partial charge in [0, 0.05) is 25.5 Å². The standard InChI is InChI=1S/C15H18F3N3/c16-15(17,18)14(1-2-14)12-7-20-11(6-21-12)3-10-4-13(5-10)8-19-9-13/h6-7,10,19H,1-5,8-9H2. The quantitative estimate of drug-likeness (QED) is 0.932. The molecule has 0 bridgehead atoms. The van der Waals surface area contributed by atoms with Gasteiger partial charge in [-0.1, -0.05) is 0 Å². The summed E-state index contributed by atoms with van der Waals surface area (Å²) in [4.78, 5) is 8.30. The molecule has 114 valence electrons. The van der Waals surface area contributed by atoms with Crippen LogP contribution in [0, 0.1) is 11.3 Å². The Bertz CT molecular complexity index is 536. The second-order valence-corrected chi connectivity index (χ2v) is 7.05. The number of rotatable bonds is 3. The maximum Gasteiger partial charge on any atom is 0.400 e. The van der Waals surface area contributed by atoms with Gasteiger partial charge in [-0.3, -0.25) is 9.97 Å². The van der Waals surface area contributed by atoms with E-state index in [-0.39, 0.29) is 18.5 Å². The third-order valence-electron chi connectivity index (χ3n) is 5.43. The molecule has 2 heterocycles. The second-order valence-electron chi connectivity index (χ2n) is 7.05. The molecule has 1 spiro atoms. The topological polar surface area (TPSA) is 37.8 Å². The van der Waals surface area contributed by atoms with Crippen molar-refractivity contribution < 1.29 is 13.2 Å². The van der Waals surface area contributed by atoms with Crippen LogP contribution in [0.15, 0.2) is 12.4 Å². The number of halogens is 3. The summed E-state index contributed by atoms with van der Waals surface area (Å²) in [5.74, 6) is 0.616. The summed E-state index contributed by atoms with van der Waals surface area (Å²) in [5, 5.41) is 3.30. The van der Waals surface area contributed by atoms with Crippen LogP contribution >= 0.6 is 0 Å². The van der Waals surface area contributed by atoms with E-state index in [2.05, 4.69) is 15.3 Å². The van der Waals surface area contributed by atoms with Crippen molar-refractivity contribution in [3.63, 3.8) is 0 Å². The van der Waals surface area contributed by atoms with E-state index in [4.69, 9.17) is 0 Å². The van der Waals surface area contributed by atoms with Gasteiger partial charge in [-0.2, -0.15) is 13.2 Å². The minimum absolute atomic E-state index is 0.0898. The highest BCUT2D eigenvalue weighted by Crippen LogP contribution is 2.58. The smallest absolute Gasteiger partial charge is 0.316 e. The minimum atomic E-state index is -4.21. The molecule has 21 heavy (non-hydrogen) atoms. The summed E-state index contributed by atoms with van der Waals surface area (Å²) >= 11 is 0. The summed E-state index contributed by atoms with van der Waals surface area (Å²) in [6, 6.07) is 0. The predicted molar refractivity (Wildman–Crippen MR) is 70.7 cm³/mol. The van der Waals surface area contributed by atoms with E-state index in [1.54, 1.807) is 6.20 Å². The van der Waals surface area contributed by atoms with Crippen molar-refractivity contribution >= 4 is 0 Å². The monoisotopic (exact) mass is 297 g/mol. The molecule has 2 aliphatic carbocycles. The molecule has 3 nitrogen and oxygen atoms in total. The molecular weight excluding hydrogens is 279 g/mol. The van der Waals surface area contributed by atoms with Gasteiger partial charge in [0.15, 0.2) is 0 Å². The lowest BCUT2D eigenvalue weighted by Crippen LogP contribution is -2.60. The van der Waals surface area contributed by atoms with Crippen molar-refractivity contribution in [2.24, 2.45) is 11.3 Å². The van der Waals surface area contributed by atoms with Gasteiger partial charge in [-0.05, 0) is 43.4 Å².